The third-order valence-corrected chi connectivity index (χ3v) is 5.84. The lowest BCUT2D eigenvalue weighted by atomic mass is 10.1. The summed E-state index contributed by atoms with van der Waals surface area (Å²) >= 11 is 3.01. The van der Waals surface area contributed by atoms with Crippen LogP contribution in [-0.4, -0.2) is 9.13 Å². The zero-order valence-electron chi connectivity index (χ0n) is 14.5. The summed E-state index contributed by atoms with van der Waals surface area (Å²) in [5.74, 6) is 0. The first kappa shape index (κ1) is 19.2. The van der Waals surface area contributed by atoms with Crippen molar-refractivity contribution in [3.8, 4) is 0 Å². The molecule has 0 aliphatic heterocycles. The van der Waals surface area contributed by atoms with Crippen molar-refractivity contribution in [2.24, 2.45) is 0 Å². The number of aromatic nitrogens is 2. The van der Waals surface area contributed by atoms with E-state index in [1.165, 1.54) is 86.9 Å². The van der Waals surface area contributed by atoms with Crippen LogP contribution >= 0.6 is 22.7 Å². The van der Waals surface area contributed by atoms with Crippen molar-refractivity contribution >= 4 is 22.7 Å². The molecule has 4 nitrogen and oxygen atoms in total. The van der Waals surface area contributed by atoms with Crippen molar-refractivity contribution in [2.45, 2.75) is 77.3 Å². The number of aryl methyl sites for hydroxylation is 2. The maximum absolute atomic E-state index is 7.71. The fraction of sp³-hybridized carbons (Fsp3) is 0.667. The fourth-order valence-electron chi connectivity index (χ4n) is 2.94. The molecule has 0 saturated heterocycles. The van der Waals surface area contributed by atoms with Gasteiger partial charge in [-0.3, -0.25) is 10.8 Å². The SMILES string of the molecule is N=c1sccn1CCCCCCCCCCCCn1ccsc1=N. The summed E-state index contributed by atoms with van der Waals surface area (Å²) in [6, 6.07) is 0. The summed E-state index contributed by atoms with van der Waals surface area (Å²) in [5.41, 5.74) is 0. The first-order valence-electron chi connectivity index (χ1n) is 9.14. The van der Waals surface area contributed by atoms with Gasteiger partial charge < -0.3 is 9.13 Å². The summed E-state index contributed by atoms with van der Waals surface area (Å²) in [7, 11) is 0. The average Bonchev–Trinajstić information content (AvgIpc) is 3.17. The minimum atomic E-state index is 0.673. The molecule has 24 heavy (non-hydrogen) atoms. The van der Waals surface area contributed by atoms with Crippen LogP contribution in [0.15, 0.2) is 23.2 Å². The smallest absolute Gasteiger partial charge is 0.181 e. The second kappa shape index (κ2) is 11.4. The molecule has 0 aliphatic rings. The van der Waals surface area contributed by atoms with Crippen LogP contribution in [0.4, 0.5) is 0 Å². The normalized spacial score (nSPS) is 11.2. The number of nitrogens with one attached hydrogen (secondary N) is 2. The lowest BCUT2D eigenvalue weighted by Gasteiger charge is -2.04. The van der Waals surface area contributed by atoms with Crippen LogP contribution in [0.3, 0.4) is 0 Å². The molecule has 0 spiro atoms. The van der Waals surface area contributed by atoms with E-state index in [9.17, 15) is 0 Å². The van der Waals surface area contributed by atoms with Crippen LogP contribution in [0.1, 0.15) is 64.2 Å². The Balaban J connectivity index is 1.34. The Bertz CT molecular complexity index is 606. The maximum atomic E-state index is 7.71. The number of hydrogen-bond acceptors (Lipinski definition) is 4. The Morgan fingerprint density at radius 3 is 1.21 bits per heavy atom. The van der Waals surface area contributed by atoms with Gasteiger partial charge in [-0.1, -0.05) is 51.4 Å². The molecule has 0 fully saturated rings. The lowest BCUT2D eigenvalue weighted by molar-refractivity contribution is 0.517. The Labute approximate surface area is 152 Å². The first-order chi connectivity index (χ1) is 11.8. The summed E-state index contributed by atoms with van der Waals surface area (Å²) in [5, 5.41) is 19.4. The standard InChI is InChI=1S/C18H30N4S2/c19-17-21(13-15-23-17)11-9-7-5-3-1-2-4-6-8-10-12-22-14-16-24-18(22)20/h13-16,19-20H,1-12H2. The number of unbranched alkanes of at least 4 members (excludes halogenated alkanes) is 9. The van der Waals surface area contributed by atoms with E-state index in [0.717, 1.165) is 13.1 Å². The van der Waals surface area contributed by atoms with E-state index in [-0.39, 0.29) is 0 Å². The third kappa shape index (κ3) is 7.18. The molecule has 134 valence electrons. The van der Waals surface area contributed by atoms with Gasteiger partial charge in [0.15, 0.2) is 9.60 Å². The monoisotopic (exact) mass is 366 g/mol. The Hall–Kier alpha value is -1.14. The Morgan fingerprint density at radius 2 is 0.917 bits per heavy atom. The molecule has 0 bridgehead atoms. The van der Waals surface area contributed by atoms with Gasteiger partial charge in [0, 0.05) is 36.2 Å². The second-order valence-corrected chi connectivity index (χ2v) is 8.13. The molecule has 2 rings (SSSR count). The summed E-state index contributed by atoms with van der Waals surface area (Å²) in [6.07, 6.45) is 17.1. The predicted octanol–water partition coefficient (Wildman–Crippen LogP) is 4.97. The van der Waals surface area contributed by atoms with Crippen LogP contribution in [0, 0.1) is 10.8 Å². The minimum Gasteiger partial charge on any atom is -0.324 e. The van der Waals surface area contributed by atoms with Crippen LogP contribution in [0.25, 0.3) is 0 Å². The molecular formula is C18H30N4S2. The zero-order chi connectivity index (χ0) is 17.0. The van der Waals surface area contributed by atoms with Crippen molar-refractivity contribution in [1.29, 1.82) is 10.8 Å². The second-order valence-electron chi connectivity index (χ2n) is 6.34. The Kier molecular flexibility index (Phi) is 9.13. The molecule has 2 N–H and O–H groups in total. The topological polar surface area (TPSA) is 57.6 Å². The van der Waals surface area contributed by atoms with Crippen molar-refractivity contribution in [1.82, 2.24) is 9.13 Å². The molecule has 2 aromatic rings. The average molecular weight is 367 g/mol. The van der Waals surface area contributed by atoms with E-state index in [2.05, 4.69) is 0 Å². The maximum Gasteiger partial charge on any atom is 0.181 e. The first-order valence-corrected chi connectivity index (χ1v) is 10.9. The highest BCUT2D eigenvalue weighted by Gasteiger charge is 1.97. The highest BCUT2D eigenvalue weighted by atomic mass is 32.1. The van der Waals surface area contributed by atoms with E-state index in [1.807, 2.05) is 32.3 Å². The number of hydrogen-bond donors (Lipinski definition) is 2. The molecule has 0 atom stereocenters. The van der Waals surface area contributed by atoms with Crippen molar-refractivity contribution in [2.75, 3.05) is 0 Å². The third-order valence-electron chi connectivity index (χ3n) is 4.41. The molecule has 2 heterocycles. The van der Waals surface area contributed by atoms with Crippen LogP contribution < -0.4 is 9.60 Å². The van der Waals surface area contributed by atoms with Crippen LogP contribution in [0.5, 0.6) is 0 Å². The van der Waals surface area contributed by atoms with Crippen molar-refractivity contribution in [3.05, 3.63) is 32.8 Å². The molecule has 0 saturated carbocycles. The van der Waals surface area contributed by atoms with Gasteiger partial charge in [-0.05, 0) is 12.8 Å². The van der Waals surface area contributed by atoms with Crippen LogP contribution in [0.2, 0.25) is 0 Å². The predicted molar refractivity (Wildman–Crippen MR) is 102 cm³/mol. The molecule has 0 aromatic carbocycles. The van der Waals surface area contributed by atoms with E-state index in [1.54, 1.807) is 0 Å². The van der Waals surface area contributed by atoms with E-state index >= 15 is 0 Å². The van der Waals surface area contributed by atoms with E-state index < -0.39 is 0 Å². The highest BCUT2D eigenvalue weighted by Crippen LogP contribution is 2.11. The molecule has 6 heteroatoms. The van der Waals surface area contributed by atoms with Gasteiger partial charge in [-0.15, -0.1) is 22.7 Å². The van der Waals surface area contributed by atoms with Gasteiger partial charge in [0.25, 0.3) is 0 Å². The van der Waals surface area contributed by atoms with Gasteiger partial charge in [-0.2, -0.15) is 0 Å². The van der Waals surface area contributed by atoms with Crippen molar-refractivity contribution in [3.63, 3.8) is 0 Å². The van der Waals surface area contributed by atoms with E-state index in [0.29, 0.717) is 9.60 Å². The lowest BCUT2D eigenvalue weighted by Crippen LogP contribution is -2.11. The van der Waals surface area contributed by atoms with Crippen molar-refractivity contribution < 1.29 is 0 Å². The fourth-order valence-corrected chi connectivity index (χ4v) is 4.19. The summed E-state index contributed by atoms with van der Waals surface area (Å²) in [6.45, 7) is 2.01. The van der Waals surface area contributed by atoms with Gasteiger partial charge >= 0.3 is 0 Å². The number of rotatable bonds is 13. The van der Waals surface area contributed by atoms with Gasteiger partial charge in [0.05, 0.1) is 0 Å². The van der Waals surface area contributed by atoms with Gasteiger partial charge in [0.2, 0.25) is 0 Å². The minimum absolute atomic E-state index is 0.673. The van der Waals surface area contributed by atoms with Crippen LogP contribution in [-0.2, 0) is 13.1 Å². The number of nitrogens with zero attached hydrogens (tertiary/aromatic N) is 2. The largest absolute Gasteiger partial charge is 0.324 e. The highest BCUT2D eigenvalue weighted by molar-refractivity contribution is 7.07. The van der Waals surface area contributed by atoms with Gasteiger partial charge in [-0.25, -0.2) is 0 Å². The summed E-state index contributed by atoms with van der Waals surface area (Å²) < 4.78 is 4.09. The molecule has 0 radical (unpaired) electrons. The van der Waals surface area contributed by atoms with E-state index in [4.69, 9.17) is 10.8 Å². The molecule has 0 unspecified atom stereocenters. The Morgan fingerprint density at radius 1 is 0.583 bits per heavy atom. The summed E-state index contributed by atoms with van der Waals surface area (Å²) in [4.78, 5) is 1.35. The molecular weight excluding hydrogens is 336 g/mol. The molecule has 2 aromatic heterocycles. The zero-order valence-corrected chi connectivity index (χ0v) is 16.1. The number of thiazole rings is 2. The quantitative estimate of drug-likeness (QED) is 0.470. The molecule has 0 amide bonds. The van der Waals surface area contributed by atoms with Gasteiger partial charge in [0.1, 0.15) is 0 Å². The molecule has 0 aliphatic carbocycles.